The van der Waals surface area contributed by atoms with Gasteiger partial charge in [-0.25, -0.2) is 14.4 Å². The van der Waals surface area contributed by atoms with E-state index in [1.165, 1.54) is 23.1 Å². The number of amides is 3. The van der Waals surface area contributed by atoms with Crippen molar-refractivity contribution in [3.05, 3.63) is 66.1 Å². The van der Waals surface area contributed by atoms with E-state index < -0.39 is 23.7 Å². The summed E-state index contributed by atoms with van der Waals surface area (Å²) in [6.45, 7) is 16.1. The second-order valence-electron chi connectivity index (χ2n) is 12.2. The number of imide groups is 1. The number of likely N-dealkylation sites (N-methyl/N-ethyl adjacent to an activating group) is 1. The molecule has 2 aliphatic heterocycles. The Morgan fingerprint density at radius 1 is 1.17 bits per heavy atom. The molecular weight excluding hydrogens is 591 g/mol. The Hall–Kier alpha value is -3.91. The van der Waals surface area contributed by atoms with E-state index in [0.29, 0.717) is 17.8 Å². The van der Waals surface area contributed by atoms with Gasteiger partial charge in [-0.3, -0.25) is 34.9 Å². The predicted octanol–water partition coefficient (Wildman–Crippen LogP) is 1.45. The van der Waals surface area contributed by atoms with Crippen LogP contribution in [-0.4, -0.2) is 130 Å². The van der Waals surface area contributed by atoms with Gasteiger partial charge in [0.1, 0.15) is 23.4 Å². The Morgan fingerprint density at radius 3 is 2.50 bits per heavy atom. The van der Waals surface area contributed by atoms with Crippen LogP contribution in [0.1, 0.15) is 32.0 Å². The summed E-state index contributed by atoms with van der Waals surface area (Å²) in [6.07, 6.45) is 1.49. The van der Waals surface area contributed by atoms with Gasteiger partial charge >= 0.3 is 0 Å². The van der Waals surface area contributed by atoms with E-state index in [2.05, 4.69) is 35.1 Å². The first-order valence-electron chi connectivity index (χ1n) is 15.9. The Labute approximate surface area is 270 Å². The van der Waals surface area contributed by atoms with Crippen molar-refractivity contribution in [2.75, 3.05) is 63.8 Å². The van der Waals surface area contributed by atoms with Gasteiger partial charge in [-0.1, -0.05) is 18.2 Å². The quantitative estimate of drug-likeness (QED) is 0.128. The average molecular weight is 639 g/mol. The average Bonchev–Trinajstić information content (AvgIpc) is 3.00. The molecule has 3 heterocycles. The number of benzene rings is 1. The number of anilines is 1. The van der Waals surface area contributed by atoms with Crippen LogP contribution in [0.2, 0.25) is 0 Å². The molecular formula is C33H47FN8O4. The van der Waals surface area contributed by atoms with Gasteiger partial charge in [-0.2, -0.15) is 0 Å². The highest BCUT2D eigenvalue weighted by molar-refractivity contribution is 5.95. The Bertz CT molecular complexity index is 1360. The van der Waals surface area contributed by atoms with Gasteiger partial charge in [-0.15, -0.1) is 6.58 Å². The number of hydrogen-bond donors (Lipinski definition) is 2. The van der Waals surface area contributed by atoms with Gasteiger partial charge in [0.2, 0.25) is 18.2 Å². The highest BCUT2D eigenvalue weighted by atomic mass is 19.1. The third kappa shape index (κ3) is 8.66. The number of piperazine rings is 1. The van der Waals surface area contributed by atoms with E-state index in [0.717, 1.165) is 61.1 Å². The maximum absolute atomic E-state index is 14.8. The van der Waals surface area contributed by atoms with Crippen LogP contribution in [0.4, 0.5) is 10.2 Å². The van der Waals surface area contributed by atoms with Crippen molar-refractivity contribution in [3.8, 4) is 5.75 Å². The van der Waals surface area contributed by atoms with Crippen LogP contribution < -0.4 is 10.7 Å². The first-order chi connectivity index (χ1) is 22.0. The van der Waals surface area contributed by atoms with Crippen molar-refractivity contribution in [2.45, 2.75) is 51.9 Å². The molecule has 46 heavy (non-hydrogen) atoms. The van der Waals surface area contributed by atoms with E-state index in [9.17, 15) is 23.9 Å². The summed E-state index contributed by atoms with van der Waals surface area (Å²) >= 11 is 0. The Morgan fingerprint density at radius 2 is 1.89 bits per heavy atom. The van der Waals surface area contributed by atoms with Gasteiger partial charge in [0, 0.05) is 76.9 Å². The highest BCUT2D eigenvalue weighted by Gasteiger charge is 2.36. The van der Waals surface area contributed by atoms with E-state index in [-0.39, 0.29) is 50.3 Å². The number of hydrazine groups is 1. The van der Waals surface area contributed by atoms with E-state index >= 15 is 0 Å². The smallest absolute Gasteiger partial charge is 0.246 e. The van der Waals surface area contributed by atoms with Gasteiger partial charge in [0.15, 0.2) is 0 Å². The summed E-state index contributed by atoms with van der Waals surface area (Å²) in [5.74, 6) is 4.39. The number of hydrogen-bond acceptors (Lipinski definition) is 10. The van der Waals surface area contributed by atoms with Gasteiger partial charge in [-0.05, 0) is 44.5 Å². The van der Waals surface area contributed by atoms with Crippen LogP contribution in [0.3, 0.4) is 0 Å². The number of phenols is 1. The number of rotatable bonds is 15. The first kappa shape index (κ1) is 35.0. The molecule has 3 amide bonds. The standard InChI is InChI=1S/C33H47FN8O4/c1-5-12-41(35)22-32(45)42(23-43)30(17-25-10-11-28(44)18-29(25)34)33(46)37(6-2)19-26-8-7-9-31(36-26)40-20-27(21-40)39-15-13-38(14-16-39)24(3)4/h5,7-11,18,23-24,27,30,44H,1,6,12-17,19-22,35H2,2-4H3/t30-/m0/s1. The fourth-order valence-corrected chi connectivity index (χ4v) is 5.98. The molecule has 4 rings (SSSR count). The van der Waals surface area contributed by atoms with Crippen LogP contribution >= 0.6 is 0 Å². The van der Waals surface area contributed by atoms with Gasteiger partial charge < -0.3 is 14.9 Å². The van der Waals surface area contributed by atoms with Gasteiger partial charge in [0.05, 0.1) is 18.8 Å². The maximum atomic E-state index is 14.8. The molecule has 13 heteroatoms. The lowest BCUT2D eigenvalue weighted by atomic mass is 10.0. The molecule has 0 unspecified atom stereocenters. The van der Waals surface area contributed by atoms with Crippen molar-refractivity contribution in [3.63, 3.8) is 0 Å². The van der Waals surface area contributed by atoms with Crippen LogP contribution in [0.15, 0.2) is 49.1 Å². The van der Waals surface area contributed by atoms with Crippen molar-refractivity contribution >= 4 is 24.0 Å². The van der Waals surface area contributed by atoms with E-state index in [1.54, 1.807) is 6.92 Å². The zero-order valence-electron chi connectivity index (χ0n) is 27.1. The zero-order valence-corrected chi connectivity index (χ0v) is 27.1. The minimum absolute atomic E-state index is 0.0700. The van der Waals surface area contributed by atoms with Crippen molar-refractivity contribution in [2.24, 2.45) is 5.84 Å². The molecule has 0 saturated carbocycles. The van der Waals surface area contributed by atoms with Crippen molar-refractivity contribution < 1.29 is 23.9 Å². The van der Waals surface area contributed by atoms with E-state index in [1.807, 2.05) is 18.2 Å². The van der Waals surface area contributed by atoms with Crippen LogP contribution in [0.25, 0.3) is 0 Å². The number of aromatic nitrogens is 1. The van der Waals surface area contributed by atoms with Crippen LogP contribution in [0.5, 0.6) is 5.75 Å². The molecule has 2 aromatic rings. The normalized spacial score (nSPS) is 16.7. The number of nitrogens with two attached hydrogens (primary N) is 1. The number of nitrogens with zero attached hydrogens (tertiary/aromatic N) is 7. The number of pyridine rings is 1. The monoisotopic (exact) mass is 638 g/mol. The minimum Gasteiger partial charge on any atom is -0.508 e. The van der Waals surface area contributed by atoms with Crippen LogP contribution in [-0.2, 0) is 27.3 Å². The summed E-state index contributed by atoms with van der Waals surface area (Å²) in [5, 5.41) is 10.8. The van der Waals surface area contributed by atoms with Crippen molar-refractivity contribution in [1.29, 1.82) is 0 Å². The predicted molar refractivity (Wildman–Crippen MR) is 174 cm³/mol. The molecule has 2 saturated heterocycles. The lowest BCUT2D eigenvalue weighted by Crippen LogP contribution is -2.63. The Kier molecular flexibility index (Phi) is 12.2. The lowest BCUT2D eigenvalue weighted by Gasteiger charge is -2.49. The van der Waals surface area contributed by atoms with E-state index in [4.69, 9.17) is 10.8 Å². The summed E-state index contributed by atoms with van der Waals surface area (Å²) in [7, 11) is 0. The number of phenolic OH excluding ortho intramolecular Hbond substituents is 1. The molecule has 0 spiro atoms. The van der Waals surface area contributed by atoms with Gasteiger partial charge in [0.25, 0.3) is 0 Å². The molecule has 1 aromatic carbocycles. The second kappa shape index (κ2) is 16.1. The first-order valence-corrected chi connectivity index (χ1v) is 15.9. The third-order valence-corrected chi connectivity index (χ3v) is 8.79. The largest absolute Gasteiger partial charge is 0.508 e. The molecule has 2 fully saturated rings. The highest BCUT2D eigenvalue weighted by Crippen LogP contribution is 2.25. The maximum Gasteiger partial charge on any atom is 0.246 e. The van der Waals surface area contributed by atoms with Crippen LogP contribution in [0, 0.1) is 5.82 Å². The molecule has 0 bridgehead atoms. The minimum atomic E-state index is -1.35. The number of carbonyl (C=O) groups is 3. The fourth-order valence-electron chi connectivity index (χ4n) is 5.98. The second-order valence-corrected chi connectivity index (χ2v) is 12.2. The fraction of sp³-hybridized carbons (Fsp3) is 0.515. The topological polar surface area (TPSA) is 130 Å². The third-order valence-electron chi connectivity index (χ3n) is 8.79. The SMILES string of the molecule is C=CCN(N)CC(=O)N(C=O)[C@@H](Cc1ccc(O)cc1F)C(=O)N(CC)Cc1cccc(N2CC(N3CCN(C(C)C)CC3)C2)n1. The van der Waals surface area contributed by atoms with Crippen molar-refractivity contribution in [1.82, 2.24) is 29.6 Å². The summed E-state index contributed by atoms with van der Waals surface area (Å²) in [4.78, 5) is 53.9. The summed E-state index contributed by atoms with van der Waals surface area (Å²) in [6, 6.07) is 8.94. The molecule has 0 aliphatic carbocycles. The molecule has 12 nitrogen and oxygen atoms in total. The molecule has 2 aliphatic rings. The molecule has 3 N–H and O–H groups in total. The zero-order chi connectivity index (χ0) is 33.4. The Balaban J connectivity index is 1.47. The summed E-state index contributed by atoms with van der Waals surface area (Å²) < 4.78 is 14.8. The number of aromatic hydroxyl groups is 1. The molecule has 1 aromatic heterocycles. The lowest BCUT2D eigenvalue weighted by molar-refractivity contribution is -0.151. The number of halogens is 1. The molecule has 250 valence electrons. The molecule has 1 atom stereocenters. The number of carbonyl (C=O) groups excluding carboxylic acids is 3. The molecule has 0 radical (unpaired) electrons. The summed E-state index contributed by atoms with van der Waals surface area (Å²) in [5.41, 5.74) is 0.722.